The molecule has 0 fully saturated rings. The molecule has 1 N–H and O–H groups in total. The normalized spacial score (nSPS) is 12.2. The Morgan fingerprint density at radius 1 is 0.848 bits per heavy atom. The lowest BCUT2D eigenvalue weighted by molar-refractivity contribution is -0.143. The van der Waals surface area contributed by atoms with E-state index in [1.54, 1.807) is 11.8 Å². The Labute approximate surface area is 285 Å². The van der Waals surface area contributed by atoms with Gasteiger partial charge in [0.05, 0.1) is 19.6 Å². The monoisotopic (exact) mass is 686 g/mol. The molecule has 46 heavy (non-hydrogen) atoms. The van der Waals surface area contributed by atoms with Crippen LogP contribution < -0.4 is 5.30 Å². The molecule has 1 unspecified atom stereocenters. The number of ether oxygens (including phenoxy) is 2. The van der Waals surface area contributed by atoms with Gasteiger partial charge >= 0.3 is 5.97 Å². The smallest absolute Gasteiger partial charge is 0.306 e. The first kappa shape index (κ1) is 39.8. The van der Waals surface area contributed by atoms with Crippen molar-refractivity contribution in [3.05, 3.63) is 98.1 Å². The van der Waals surface area contributed by atoms with Crippen molar-refractivity contribution in [2.75, 3.05) is 25.8 Å². The number of aliphatic hydroxyl groups is 1. The predicted molar refractivity (Wildman–Crippen MR) is 196 cm³/mol. The third-order valence-electron chi connectivity index (χ3n) is 8.16. The fourth-order valence-corrected chi connectivity index (χ4v) is 10.1. The summed E-state index contributed by atoms with van der Waals surface area (Å²) >= 11 is 6.17. The molecule has 3 rings (SSSR count). The summed E-state index contributed by atoms with van der Waals surface area (Å²) in [5, 5.41) is 9.21. The van der Waals surface area contributed by atoms with Gasteiger partial charge in [0.15, 0.2) is 7.14 Å². The van der Waals surface area contributed by atoms with Crippen LogP contribution in [-0.4, -0.2) is 42.4 Å². The van der Waals surface area contributed by atoms with Gasteiger partial charge in [-0.1, -0.05) is 56.3 Å². The summed E-state index contributed by atoms with van der Waals surface area (Å²) in [6.45, 7) is 16.3. The fourth-order valence-electron chi connectivity index (χ4n) is 5.70. The molecular weight excluding hydrogens is 636 g/mol. The van der Waals surface area contributed by atoms with Crippen LogP contribution in [0.25, 0.3) is 0 Å². The zero-order valence-electron chi connectivity index (χ0n) is 28.7. The largest absolute Gasteiger partial charge is 0.466 e. The Morgan fingerprint density at radius 2 is 1.46 bits per heavy atom. The van der Waals surface area contributed by atoms with Crippen LogP contribution in [0.4, 0.5) is 0 Å². The van der Waals surface area contributed by atoms with Gasteiger partial charge in [-0.05, 0) is 91.6 Å². The Bertz CT molecular complexity index is 1520. The molecule has 0 saturated heterocycles. The maximum atomic E-state index is 15.2. The molecule has 0 bridgehead atoms. The van der Waals surface area contributed by atoms with Crippen molar-refractivity contribution in [3.8, 4) is 0 Å². The standard InChI is InChI=1S/C35H45O6PS2.C2H6/c1-23-17-25(3)32(21-44-16-13-33(37)41-15-10-14-40-22-36)27(5)30(23)19-42(39,29-11-8-7-9-12-29)35(38)34-26(4)18-24(2)31(20-43)28(34)6;1-2/h7-9,11-12,17-18,36,43H,10,13-16,19-22H2,1-6H3;1-2H3. The van der Waals surface area contributed by atoms with Crippen LogP contribution in [0.15, 0.2) is 42.5 Å². The number of benzene rings is 3. The molecule has 0 radical (unpaired) electrons. The molecule has 0 spiro atoms. The van der Waals surface area contributed by atoms with Gasteiger partial charge in [0.1, 0.15) is 6.79 Å². The number of esters is 1. The highest BCUT2D eigenvalue weighted by Crippen LogP contribution is 2.53. The van der Waals surface area contributed by atoms with E-state index in [2.05, 4.69) is 32.5 Å². The minimum absolute atomic E-state index is 0.140. The van der Waals surface area contributed by atoms with E-state index in [9.17, 15) is 9.59 Å². The average molecular weight is 687 g/mol. The fraction of sp³-hybridized carbons (Fsp3) is 0.459. The van der Waals surface area contributed by atoms with Gasteiger partial charge < -0.3 is 19.1 Å². The molecule has 6 nitrogen and oxygen atoms in total. The molecule has 0 aliphatic carbocycles. The number of carbonyl (C=O) groups excluding carboxylic acids is 2. The number of rotatable bonds is 16. The molecule has 0 aliphatic rings. The summed E-state index contributed by atoms with van der Waals surface area (Å²) in [6, 6.07) is 13.3. The molecule has 3 aromatic rings. The molecule has 0 aromatic heterocycles. The van der Waals surface area contributed by atoms with E-state index in [-0.39, 0.29) is 31.1 Å². The van der Waals surface area contributed by atoms with Crippen molar-refractivity contribution >= 4 is 48.3 Å². The van der Waals surface area contributed by atoms with Gasteiger partial charge in [-0.3, -0.25) is 9.59 Å². The minimum atomic E-state index is -3.61. The summed E-state index contributed by atoms with van der Waals surface area (Å²) in [7, 11) is -3.61. The highest BCUT2D eigenvalue weighted by atomic mass is 32.2. The van der Waals surface area contributed by atoms with Crippen molar-refractivity contribution in [3.63, 3.8) is 0 Å². The van der Waals surface area contributed by atoms with E-state index >= 15 is 4.57 Å². The third kappa shape index (κ3) is 10.1. The van der Waals surface area contributed by atoms with Gasteiger partial charge in [-0.25, -0.2) is 0 Å². The summed E-state index contributed by atoms with van der Waals surface area (Å²) < 4.78 is 25.3. The van der Waals surface area contributed by atoms with Gasteiger partial charge in [0, 0.05) is 40.7 Å². The average Bonchev–Trinajstić information content (AvgIpc) is 3.03. The van der Waals surface area contributed by atoms with Crippen molar-refractivity contribution < 1.29 is 28.7 Å². The van der Waals surface area contributed by atoms with E-state index in [0.29, 0.717) is 47.6 Å². The molecular formula is C37H51O6PS2. The first-order valence-electron chi connectivity index (χ1n) is 15.9. The molecule has 3 aromatic carbocycles. The first-order chi connectivity index (χ1) is 22.0. The number of aliphatic hydroxyl groups excluding tert-OH is 1. The molecule has 252 valence electrons. The number of hydrogen-bond donors (Lipinski definition) is 2. The summed E-state index contributed by atoms with van der Waals surface area (Å²) in [5.41, 5.74) is 9.26. The number of thioether (sulfide) groups is 1. The van der Waals surface area contributed by atoms with Gasteiger partial charge in [0.2, 0.25) is 5.52 Å². The van der Waals surface area contributed by atoms with Crippen molar-refractivity contribution in [1.82, 2.24) is 0 Å². The summed E-state index contributed by atoms with van der Waals surface area (Å²) in [4.78, 5) is 26.6. The van der Waals surface area contributed by atoms with Gasteiger partial charge in [0.25, 0.3) is 0 Å². The highest BCUT2D eigenvalue weighted by Gasteiger charge is 2.38. The summed E-state index contributed by atoms with van der Waals surface area (Å²) in [5.74, 6) is 1.54. The van der Waals surface area contributed by atoms with Crippen LogP contribution in [0.2, 0.25) is 0 Å². The number of aryl methyl sites for hydroxylation is 4. The quantitative estimate of drug-likeness (QED) is 0.0513. The topological polar surface area (TPSA) is 89.9 Å². The second kappa shape index (κ2) is 19.5. The van der Waals surface area contributed by atoms with Crippen LogP contribution in [0.1, 0.15) is 87.1 Å². The first-order valence-corrected chi connectivity index (χ1v) is 19.5. The van der Waals surface area contributed by atoms with E-state index in [0.717, 1.165) is 50.1 Å². The van der Waals surface area contributed by atoms with Gasteiger partial charge in [-0.2, -0.15) is 24.4 Å². The Balaban J connectivity index is 0.00000361. The second-order valence-corrected chi connectivity index (χ2v) is 15.3. The lowest BCUT2D eigenvalue weighted by atomic mass is 9.95. The highest BCUT2D eigenvalue weighted by molar-refractivity contribution is 7.98. The lowest BCUT2D eigenvalue weighted by Crippen LogP contribution is -2.19. The number of thiol groups is 1. The second-order valence-electron chi connectivity index (χ2n) is 11.2. The van der Waals surface area contributed by atoms with E-state index in [1.165, 1.54) is 0 Å². The molecule has 0 amide bonds. The van der Waals surface area contributed by atoms with Crippen LogP contribution in [0.5, 0.6) is 0 Å². The van der Waals surface area contributed by atoms with E-state index in [4.69, 9.17) is 14.6 Å². The number of hydrogen-bond acceptors (Lipinski definition) is 8. The van der Waals surface area contributed by atoms with E-state index in [1.807, 2.05) is 77.9 Å². The molecule has 0 saturated carbocycles. The Kier molecular flexibility index (Phi) is 16.9. The maximum absolute atomic E-state index is 15.2. The van der Waals surface area contributed by atoms with E-state index < -0.39 is 7.14 Å². The molecule has 0 aliphatic heterocycles. The Hall–Kier alpha value is -2.35. The summed E-state index contributed by atoms with van der Waals surface area (Å²) in [6.07, 6.45) is 0.975. The van der Waals surface area contributed by atoms with Gasteiger partial charge in [-0.15, -0.1) is 0 Å². The third-order valence-corrected chi connectivity index (χ3v) is 12.2. The zero-order valence-corrected chi connectivity index (χ0v) is 31.3. The van der Waals surface area contributed by atoms with Crippen LogP contribution in [-0.2, 0) is 36.5 Å². The number of carbonyl (C=O) groups is 2. The lowest BCUT2D eigenvalue weighted by Gasteiger charge is -2.25. The van der Waals surface area contributed by atoms with Crippen molar-refractivity contribution in [2.24, 2.45) is 0 Å². The van der Waals surface area contributed by atoms with Crippen LogP contribution >= 0.6 is 31.5 Å². The zero-order chi connectivity index (χ0) is 34.4. The van der Waals surface area contributed by atoms with Crippen molar-refractivity contribution in [2.45, 2.75) is 85.9 Å². The SMILES string of the molecule is CC.Cc1cc(C)c(CP(=O)(C(=O)c2c(C)cc(C)c(CS)c2C)c2ccccc2)c(C)c1CSCCC(=O)OCCCOCO. The Morgan fingerprint density at radius 3 is 2.09 bits per heavy atom. The molecule has 0 heterocycles. The predicted octanol–water partition coefficient (Wildman–Crippen LogP) is 8.55. The van der Waals surface area contributed by atoms with Crippen molar-refractivity contribution in [1.29, 1.82) is 0 Å². The maximum Gasteiger partial charge on any atom is 0.306 e. The minimum Gasteiger partial charge on any atom is -0.466 e. The molecule has 9 heteroatoms. The molecule has 1 atom stereocenters. The van der Waals surface area contributed by atoms with Crippen LogP contribution in [0, 0.1) is 41.5 Å². The van der Waals surface area contributed by atoms with Crippen LogP contribution in [0.3, 0.4) is 0 Å².